The molecule has 112 valence electrons. The fourth-order valence-corrected chi connectivity index (χ4v) is 3.40. The zero-order chi connectivity index (χ0) is 14.5. The molecule has 1 aliphatic carbocycles. The van der Waals surface area contributed by atoms with E-state index in [1.165, 1.54) is 18.2 Å². The Balaban J connectivity index is 1.88. The largest absolute Gasteiger partial charge is 0.365 e. The Hall–Kier alpha value is -0.660. The van der Waals surface area contributed by atoms with Crippen molar-refractivity contribution in [3.63, 3.8) is 0 Å². The number of carbonyl (C=O) groups is 2. The van der Waals surface area contributed by atoms with Crippen LogP contribution in [0.5, 0.6) is 0 Å². The summed E-state index contributed by atoms with van der Waals surface area (Å²) in [5.74, 6) is -0.170. The minimum atomic E-state index is -0.515. The highest BCUT2D eigenvalue weighted by molar-refractivity contribution is 8.23. The standard InChI is InChI=1S/C13H20N2O3S2/c1-2-10(18-9-6-4-3-5-7-9)12(17)14-15-11(16)8-20-13(15)19/h9-10H,2-8H2,1H3,(H,14,17). The molecule has 0 radical (unpaired) electrons. The van der Waals surface area contributed by atoms with Crippen LogP contribution in [0, 0.1) is 0 Å². The number of thiocarbonyl (C=S) groups is 1. The first kappa shape index (κ1) is 15.7. The molecule has 0 bridgehead atoms. The average molecular weight is 316 g/mol. The number of amides is 2. The summed E-state index contributed by atoms with van der Waals surface area (Å²) in [5.41, 5.74) is 2.58. The summed E-state index contributed by atoms with van der Waals surface area (Å²) in [6.45, 7) is 1.91. The molecule has 20 heavy (non-hydrogen) atoms. The van der Waals surface area contributed by atoms with E-state index >= 15 is 0 Å². The topological polar surface area (TPSA) is 58.6 Å². The van der Waals surface area contributed by atoms with E-state index in [0.717, 1.165) is 30.7 Å². The Morgan fingerprint density at radius 1 is 1.50 bits per heavy atom. The number of hydrazine groups is 1. The summed E-state index contributed by atoms with van der Waals surface area (Å²) in [6.07, 6.45) is 5.83. The van der Waals surface area contributed by atoms with Crippen LogP contribution in [0.3, 0.4) is 0 Å². The summed E-state index contributed by atoms with van der Waals surface area (Å²) in [6, 6.07) is 0. The molecule has 0 aromatic rings. The Kier molecular flexibility index (Phi) is 5.80. The SMILES string of the molecule is CCC(OC1CCCCC1)C(=O)NN1C(=O)CSC1=S. The second-order valence-corrected chi connectivity index (χ2v) is 6.66. The van der Waals surface area contributed by atoms with E-state index in [1.54, 1.807) is 0 Å². The van der Waals surface area contributed by atoms with Crippen LogP contribution < -0.4 is 5.43 Å². The number of ether oxygens (including phenoxy) is 1. The third kappa shape index (κ3) is 3.93. The molecule has 2 aliphatic rings. The zero-order valence-electron chi connectivity index (χ0n) is 11.6. The Bertz CT molecular complexity index is 381. The highest BCUT2D eigenvalue weighted by atomic mass is 32.2. The fourth-order valence-electron chi connectivity index (χ4n) is 2.42. The van der Waals surface area contributed by atoms with Crippen LogP contribution in [-0.2, 0) is 14.3 Å². The maximum Gasteiger partial charge on any atom is 0.268 e. The number of carbonyl (C=O) groups excluding carboxylic acids is 2. The molecule has 2 amide bonds. The number of nitrogens with zero attached hydrogens (tertiary/aromatic N) is 1. The summed E-state index contributed by atoms with van der Waals surface area (Å²) in [5, 5.41) is 1.16. The predicted octanol–water partition coefficient (Wildman–Crippen LogP) is 2.01. The number of rotatable bonds is 5. The van der Waals surface area contributed by atoms with Crippen molar-refractivity contribution in [1.29, 1.82) is 0 Å². The highest BCUT2D eigenvalue weighted by Gasteiger charge is 2.31. The summed E-state index contributed by atoms with van der Waals surface area (Å²) >= 11 is 6.30. The van der Waals surface area contributed by atoms with Crippen LogP contribution in [0.4, 0.5) is 0 Å². The van der Waals surface area contributed by atoms with Crippen LogP contribution >= 0.6 is 24.0 Å². The Morgan fingerprint density at radius 3 is 2.75 bits per heavy atom. The van der Waals surface area contributed by atoms with E-state index in [0.29, 0.717) is 16.5 Å². The van der Waals surface area contributed by atoms with Crippen LogP contribution in [-0.4, -0.2) is 39.1 Å². The van der Waals surface area contributed by atoms with E-state index in [2.05, 4.69) is 5.43 Å². The van der Waals surface area contributed by atoms with E-state index in [9.17, 15) is 9.59 Å². The van der Waals surface area contributed by atoms with Crippen LogP contribution in [0.1, 0.15) is 45.4 Å². The van der Waals surface area contributed by atoms with Crippen molar-refractivity contribution in [2.24, 2.45) is 0 Å². The molecule has 5 nitrogen and oxygen atoms in total. The minimum Gasteiger partial charge on any atom is -0.365 e. The third-order valence-electron chi connectivity index (χ3n) is 3.55. The van der Waals surface area contributed by atoms with Gasteiger partial charge in [-0.25, -0.2) is 5.01 Å². The van der Waals surface area contributed by atoms with Gasteiger partial charge in [-0.2, -0.15) is 0 Å². The van der Waals surface area contributed by atoms with Gasteiger partial charge in [0.1, 0.15) is 6.10 Å². The van der Waals surface area contributed by atoms with Gasteiger partial charge in [-0.1, -0.05) is 50.2 Å². The molecule has 1 atom stereocenters. The number of thioether (sulfide) groups is 1. The molecule has 1 aliphatic heterocycles. The molecular formula is C13H20N2O3S2. The summed E-state index contributed by atoms with van der Waals surface area (Å²) in [4.78, 5) is 23.8. The Morgan fingerprint density at radius 2 is 2.20 bits per heavy atom. The zero-order valence-corrected chi connectivity index (χ0v) is 13.2. The molecule has 7 heteroatoms. The normalized spacial score (nSPS) is 22.1. The molecule has 0 aromatic carbocycles. The van der Waals surface area contributed by atoms with Crippen molar-refractivity contribution in [3.8, 4) is 0 Å². The average Bonchev–Trinajstić information content (AvgIpc) is 2.77. The van der Waals surface area contributed by atoms with Crippen molar-refractivity contribution in [1.82, 2.24) is 10.4 Å². The second-order valence-electron chi connectivity index (χ2n) is 5.05. The van der Waals surface area contributed by atoms with Crippen molar-refractivity contribution in [2.45, 2.75) is 57.7 Å². The molecule has 2 rings (SSSR count). The number of hydrogen-bond acceptors (Lipinski definition) is 5. The molecule has 1 N–H and O–H groups in total. The first-order valence-corrected chi connectivity index (χ1v) is 8.47. The lowest BCUT2D eigenvalue weighted by Crippen LogP contribution is -2.50. The molecule has 1 unspecified atom stereocenters. The molecule has 1 heterocycles. The van der Waals surface area contributed by atoms with Crippen molar-refractivity contribution < 1.29 is 14.3 Å². The first-order valence-electron chi connectivity index (χ1n) is 7.07. The van der Waals surface area contributed by atoms with Crippen molar-refractivity contribution in [3.05, 3.63) is 0 Å². The monoisotopic (exact) mass is 316 g/mol. The fraction of sp³-hybridized carbons (Fsp3) is 0.769. The Labute approximate surface area is 128 Å². The van der Waals surface area contributed by atoms with Gasteiger partial charge in [-0.05, 0) is 19.3 Å². The van der Waals surface area contributed by atoms with Crippen molar-refractivity contribution >= 4 is 40.1 Å². The van der Waals surface area contributed by atoms with Crippen LogP contribution in [0.15, 0.2) is 0 Å². The van der Waals surface area contributed by atoms with Gasteiger partial charge >= 0.3 is 0 Å². The lowest BCUT2D eigenvalue weighted by Gasteiger charge is -2.27. The predicted molar refractivity (Wildman–Crippen MR) is 82.1 cm³/mol. The van der Waals surface area contributed by atoms with Gasteiger partial charge in [0.15, 0.2) is 4.32 Å². The van der Waals surface area contributed by atoms with Crippen molar-refractivity contribution in [2.75, 3.05) is 5.75 Å². The molecule has 1 saturated heterocycles. The van der Waals surface area contributed by atoms with Gasteiger partial charge in [0, 0.05) is 0 Å². The molecule has 2 fully saturated rings. The van der Waals surface area contributed by atoms with E-state index in [4.69, 9.17) is 17.0 Å². The second kappa shape index (κ2) is 7.38. The third-order valence-corrected chi connectivity index (χ3v) is 4.90. The highest BCUT2D eigenvalue weighted by Crippen LogP contribution is 2.22. The van der Waals surface area contributed by atoms with Gasteiger partial charge in [-0.3, -0.25) is 15.0 Å². The van der Waals surface area contributed by atoms with Gasteiger partial charge in [0.25, 0.3) is 11.8 Å². The first-order chi connectivity index (χ1) is 9.61. The number of hydrogen-bond donors (Lipinski definition) is 1. The number of nitrogens with one attached hydrogen (secondary N) is 1. The lowest BCUT2D eigenvalue weighted by molar-refractivity contribution is -0.145. The molecule has 0 aromatic heterocycles. The van der Waals surface area contributed by atoms with E-state index in [-0.39, 0.29) is 17.9 Å². The van der Waals surface area contributed by atoms with Gasteiger partial charge in [0.2, 0.25) is 0 Å². The maximum atomic E-state index is 12.2. The summed E-state index contributed by atoms with van der Waals surface area (Å²) < 4.78 is 6.28. The molecule has 0 spiro atoms. The van der Waals surface area contributed by atoms with Crippen LogP contribution in [0.2, 0.25) is 0 Å². The van der Waals surface area contributed by atoms with E-state index in [1.807, 2.05) is 6.92 Å². The molecular weight excluding hydrogens is 296 g/mol. The quantitative estimate of drug-likeness (QED) is 0.786. The molecule has 1 saturated carbocycles. The minimum absolute atomic E-state index is 0.162. The van der Waals surface area contributed by atoms with Gasteiger partial charge in [0.05, 0.1) is 11.9 Å². The van der Waals surface area contributed by atoms with E-state index < -0.39 is 6.10 Å². The summed E-state index contributed by atoms with van der Waals surface area (Å²) in [7, 11) is 0. The maximum absolute atomic E-state index is 12.2. The van der Waals surface area contributed by atoms with Gasteiger partial charge < -0.3 is 4.74 Å². The van der Waals surface area contributed by atoms with Gasteiger partial charge in [-0.15, -0.1) is 0 Å². The van der Waals surface area contributed by atoms with Crippen LogP contribution in [0.25, 0.3) is 0 Å². The smallest absolute Gasteiger partial charge is 0.268 e. The lowest BCUT2D eigenvalue weighted by atomic mass is 9.97.